The lowest BCUT2D eigenvalue weighted by atomic mass is 9.85. The Morgan fingerprint density at radius 1 is 1.32 bits per heavy atom. The number of benzene rings is 1. The van der Waals surface area contributed by atoms with E-state index in [1.54, 1.807) is 7.11 Å². The van der Waals surface area contributed by atoms with Crippen LogP contribution in [-0.4, -0.2) is 11.9 Å². The zero-order valence-electron chi connectivity index (χ0n) is 11.6. The van der Waals surface area contributed by atoms with Crippen molar-refractivity contribution in [2.75, 3.05) is 7.11 Å². The lowest BCUT2D eigenvalue weighted by molar-refractivity contribution is 0.313. The maximum atomic E-state index is 5.29. The van der Waals surface area contributed by atoms with E-state index in [-0.39, 0.29) is 0 Å². The SMILES string of the molecule is COc1cccc(CC(Br)CC2CC3CCC2C3)c1. The summed E-state index contributed by atoms with van der Waals surface area (Å²) in [5.74, 6) is 4.05. The summed E-state index contributed by atoms with van der Waals surface area (Å²) in [4.78, 5) is 0.615. The molecule has 0 aromatic heterocycles. The molecule has 2 aliphatic carbocycles. The Bertz CT molecular complexity index is 431. The van der Waals surface area contributed by atoms with Gasteiger partial charge in [0, 0.05) is 4.83 Å². The van der Waals surface area contributed by atoms with Gasteiger partial charge in [-0.25, -0.2) is 0 Å². The fourth-order valence-corrected chi connectivity index (χ4v) is 4.99. The number of halogens is 1. The van der Waals surface area contributed by atoms with Crippen molar-refractivity contribution in [3.63, 3.8) is 0 Å². The Morgan fingerprint density at radius 3 is 2.89 bits per heavy atom. The topological polar surface area (TPSA) is 9.23 Å². The standard InChI is InChI=1S/C17H23BrO/c1-19-17-4-2-3-12(10-17)9-16(18)11-15-8-13-5-6-14(15)7-13/h2-4,10,13-16H,5-9,11H2,1H3. The molecule has 4 atom stereocenters. The summed E-state index contributed by atoms with van der Waals surface area (Å²) in [5, 5.41) is 0. The largest absolute Gasteiger partial charge is 0.497 e. The maximum absolute atomic E-state index is 5.29. The van der Waals surface area contributed by atoms with Gasteiger partial charge in [0.1, 0.15) is 5.75 Å². The minimum Gasteiger partial charge on any atom is -0.497 e. The van der Waals surface area contributed by atoms with E-state index < -0.39 is 0 Å². The highest BCUT2D eigenvalue weighted by Gasteiger charge is 2.39. The number of hydrogen-bond acceptors (Lipinski definition) is 1. The first-order valence-electron chi connectivity index (χ1n) is 7.51. The van der Waals surface area contributed by atoms with Crippen molar-refractivity contribution < 1.29 is 4.74 Å². The lowest BCUT2D eigenvalue weighted by Crippen LogP contribution is -2.16. The van der Waals surface area contributed by atoms with Crippen molar-refractivity contribution >= 4 is 15.9 Å². The summed E-state index contributed by atoms with van der Waals surface area (Å²) in [5.41, 5.74) is 1.38. The molecule has 1 aromatic carbocycles. The van der Waals surface area contributed by atoms with Crippen LogP contribution in [0.2, 0.25) is 0 Å². The Morgan fingerprint density at radius 2 is 2.21 bits per heavy atom. The third kappa shape index (κ3) is 3.16. The van der Waals surface area contributed by atoms with Gasteiger partial charge in [-0.15, -0.1) is 0 Å². The molecule has 2 saturated carbocycles. The minimum absolute atomic E-state index is 0.615. The molecule has 2 bridgehead atoms. The molecule has 4 unspecified atom stereocenters. The molecular formula is C17H23BrO. The number of fused-ring (bicyclic) bond motifs is 2. The Labute approximate surface area is 124 Å². The van der Waals surface area contributed by atoms with Crippen LogP contribution in [0, 0.1) is 17.8 Å². The minimum atomic E-state index is 0.615. The average Bonchev–Trinajstić information content (AvgIpc) is 3.01. The number of ether oxygens (including phenoxy) is 1. The first-order valence-corrected chi connectivity index (χ1v) is 8.43. The second kappa shape index (κ2) is 5.87. The fraction of sp³-hybridized carbons (Fsp3) is 0.647. The van der Waals surface area contributed by atoms with Crippen LogP contribution >= 0.6 is 15.9 Å². The van der Waals surface area contributed by atoms with E-state index in [0.29, 0.717) is 4.83 Å². The molecule has 2 fully saturated rings. The van der Waals surface area contributed by atoms with E-state index in [9.17, 15) is 0 Å². The normalized spacial score (nSPS) is 30.5. The van der Waals surface area contributed by atoms with Crippen LogP contribution in [0.4, 0.5) is 0 Å². The summed E-state index contributed by atoms with van der Waals surface area (Å²) in [6.45, 7) is 0. The van der Waals surface area contributed by atoms with Gasteiger partial charge in [-0.05, 0) is 67.6 Å². The van der Waals surface area contributed by atoms with Gasteiger partial charge in [-0.3, -0.25) is 0 Å². The predicted octanol–water partition coefficient (Wildman–Crippen LogP) is 4.83. The second-order valence-electron chi connectivity index (χ2n) is 6.32. The molecule has 19 heavy (non-hydrogen) atoms. The molecule has 1 nitrogen and oxygen atoms in total. The van der Waals surface area contributed by atoms with Crippen LogP contribution in [0.3, 0.4) is 0 Å². The van der Waals surface area contributed by atoms with Crippen LogP contribution < -0.4 is 4.74 Å². The van der Waals surface area contributed by atoms with Gasteiger partial charge >= 0.3 is 0 Å². The molecule has 1 aromatic rings. The molecule has 0 radical (unpaired) electrons. The molecule has 104 valence electrons. The van der Waals surface area contributed by atoms with Crippen LogP contribution in [0.25, 0.3) is 0 Å². The van der Waals surface area contributed by atoms with E-state index in [1.807, 2.05) is 6.07 Å². The van der Waals surface area contributed by atoms with Gasteiger partial charge in [-0.1, -0.05) is 34.5 Å². The maximum Gasteiger partial charge on any atom is 0.119 e. The van der Waals surface area contributed by atoms with Crippen LogP contribution in [0.15, 0.2) is 24.3 Å². The lowest BCUT2D eigenvalue weighted by Gasteiger charge is -2.24. The van der Waals surface area contributed by atoms with E-state index in [2.05, 4.69) is 34.1 Å². The fourth-order valence-electron chi connectivity index (χ4n) is 4.13. The number of methoxy groups -OCH3 is 1. The molecule has 0 aliphatic heterocycles. The van der Waals surface area contributed by atoms with E-state index in [4.69, 9.17) is 4.74 Å². The Hall–Kier alpha value is -0.500. The number of alkyl halides is 1. The van der Waals surface area contributed by atoms with E-state index >= 15 is 0 Å². The monoisotopic (exact) mass is 322 g/mol. The quantitative estimate of drug-likeness (QED) is 0.706. The van der Waals surface area contributed by atoms with Crippen molar-refractivity contribution in [2.45, 2.75) is 43.4 Å². The van der Waals surface area contributed by atoms with Crippen molar-refractivity contribution in [3.05, 3.63) is 29.8 Å². The van der Waals surface area contributed by atoms with Gasteiger partial charge in [0.15, 0.2) is 0 Å². The molecular weight excluding hydrogens is 300 g/mol. The first-order chi connectivity index (χ1) is 9.24. The highest BCUT2D eigenvalue weighted by molar-refractivity contribution is 9.09. The summed E-state index contributed by atoms with van der Waals surface area (Å²) in [6.07, 6.45) is 8.47. The Kier molecular flexibility index (Phi) is 4.16. The van der Waals surface area contributed by atoms with Gasteiger partial charge in [0.2, 0.25) is 0 Å². The summed E-state index contributed by atoms with van der Waals surface area (Å²) < 4.78 is 5.29. The molecule has 2 heteroatoms. The van der Waals surface area contributed by atoms with Gasteiger partial charge < -0.3 is 4.74 Å². The third-order valence-corrected chi connectivity index (χ3v) is 5.73. The predicted molar refractivity (Wildman–Crippen MR) is 83.0 cm³/mol. The smallest absolute Gasteiger partial charge is 0.119 e. The molecule has 0 amide bonds. The molecule has 2 aliphatic rings. The van der Waals surface area contributed by atoms with Gasteiger partial charge in [-0.2, -0.15) is 0 Å². The number of hydrogen-bond donors (Lipinski definition) is 0. The van der Waals surface area contributed by atoms with Gasteiger partial charge in [0.05, 0.1) is 7.11 Å². The Balaban J connectivity index is 1.54. The molecule has 0 spiro atoms. The van der Waals surface area contributed by atoms with Crippen molar-refractivity contribution in [1.29, 1.82) is 0 Å². The molecule has 0 heterocycles. The van der Waals surface area contributed by atoms with Gasteiger partial charge in [0.25, 0.3) is 0 Å². The van der Waals surface area contributed by atoms with E-state index in [0.717, 1.165) is 29.9 Å². The summed E-state index contributed by atoms with van der Waals surface area (Å²) in [6, 6.07) is 8.47. The van der Waals surface area contributed by atoms with Crippen LogP contribution in [0.5, 0.6) is 5.75 Å². The van der Waals surface area contributed by atoms with Crippen molar-refractivity contribution in [3.8, 4) is 5.75 Å². The molecule has 3 rings (SSSR count). The molecule has 0 saturated heterocycles. The van der Waals surface area contributed by atoms with Crippen molar-refractivity contribution in [2.24, 2.45) is 17.8 Å². The van der Waals surface area contributed by atoms with Crippen molar-refractivity contribution in [1.82, 2.24) is 0 Å². The van der Waals surface area contributed by atoms with Crippen LogP contribution in [0.1, 0.15) is 37.7 Å². The highest BCUT2D eigenvalue weighted by Crippen LogP contribution is 2.50. The summed E-state index contributed by atoms with van der Waals surface area (Å²) in [7, 11) is 1.74. The second-order valence-corrected chi connectivity index (χ2v) is 7.62. The number of rotatable bonds is 5. The van der Waals surface area contributed by atoms with Crippen LogP contribution in [-0.2, 0) is 6.42 Å². The zero-order valence-corrected chi connectivity index (χ0v) is 13.2. The summed E-state index contributed by atoms with van der Waals surface area (Å²) >= 11 is 3.90. The third-order valence-electron chi connectivity index (χ3n) is 5.03. The first kappa shape index (κ1) is 13.5. The van der Waals surface area contributed by atoms with E-state index in [1.165, 1.54) is 37.7 Å². The highest BCUT2D eigenvalue weighted by atomic mass is 79.9. The average molecular weight is 323 g/mol. The molecule has 0 N–H and O–H groups in total. The zero-order chi connectivity index (χ0) is 13.2.